The van der Waals surface area contributed by atoms with E-state index in [2.05, 4.69) is 73.6 Å². The molecule has 0 bridgehead atoms. The van der Waals surface area contributed by atoms with E-state index in [0.29, 0.717) is 114 Å². The summed E-state index contributed by atoms with van der Waals surface area (Å²) in [5.41, 5.74) is 7.12. The number of benzene rings is 3. The van der Waals surface area contributed by atoms with Crippen LogP contribution in [0.15, 0.2) is 179 Å². The first-order chi connectivity index (χ1) is 60.6. The van der Waals surface area contributed by atoms with Crippen LogP contribution in [0.25, 0.3) is 35.3 Å². The van der Waals surface area contributed by atoms with Crippen molar-refractivity contribution in [3.63, 3.8) is 0 Å². The molecule has 3 unspecified atom stereocenters. The van der Waals surface area contributed by atoms with Gasteiger partial charge in [-0.15, -0.1) is 32.9 Å². The van der Waals surface area contributed by atoms with E-state index in [0.717, 1.165) is 49.8 Å². The zero-order chi connectivity index (χ0) is 90.0. The molecule has 18 rings (SSSR count). The molecule has 9 atom stereocenters. The number of pyridine rings is 1. The van der Waals surface area contributed by atoms with Crippen LogP contribution in [0.3, 0.4) is 0 Å². The van der Waals surface area contributed by atoms with Gasteiger partial charge in [0.05, 0.1) is 128 Å². The normalized spacial score (nSPS) is 21.5. The minimum absolute atomic E-state index is 0.0204. The maximum absolute atomic E-state index is 14.5. The molecule has 0 saturated heterocycles. The third kappa shape index (κ3) is 17.0. The fourth-order valence-electron chi connectivity index (χ4n) is 18.5. The number of hydrogen-bond acceptors (Lipinski definition) is 19. The first-order valence-electron chi connectivity index (χ1n) is 40.5. The summed E-state index contributed by atoms with van der Waals surface area (Å²) < 4.78 is 180. The highest BCUT2D eigenvalue weighted by Gasteiger charge is 2.56. The Morgan fingerprint density at radius 1 is 0.488 bits per heavy atom. The number of fused-ring (bicyclic) bond motifs is 6. The molecule has 3 aromatic carbocycles. The number of carbonyl (C=O) groups is 3. The van der Waals surface area contributed by atoms with Crippen molar-refractivity contribution < 1.29 is 66.5 Å². The van der Waals surface area contributed by atoms with Crippen molar-refractivity contribution in [1.29, 1.82) is 0 Å². The number of nitrogens with zero attached hydrogens (tertiary/aromatic N) is 20. The lowest BCUT2D eigenvalue weighted by molar-refractivity contribution is -0.134. The minimum atomic E-state index is -4.67. The Hall–Kier alpha value is -11.3. The van der Waals surface area contributed by atoms with E-state index in [1.54, 1.807) is 134 Å². The van der Waals surface area contributed by atoms with Gasteiger partial charge in [-0.2, -0.15) is 33.6 Å². The highest BCUT2D eigenvalue weighted by Crippen LogP contribution is 2.56. The van der Waals surface area contributed by atoms with Crippen molar-refractivity contribution in [2.45, 2.75) is 130 Å². The molecule has 3 fully saturated rings. The molecule has 40 heteroatoms. The quantitative estimate of drug-likeness (QED) is 0.0309. The molecule has 0 spiro atoms. The molecule has 6 aliphatic rings. The Morgan fingerprint density at radius 3 is 1.21 bits per heavy atom. The lowest BCUT2D eigenvalue weighted by Gasteiger charge is -2.47. The van der Waals surface area contributed by atoms with E-state index < -0.39 is 100 Å². The van der Waals surface area contributed by atoms with Crippen LogP contribution in [0.5, 0.6) is 0 Å². The van der Waals surface area contributed by atoms with Crippen LogP contribution in [-0.2, 0) is 75.7 Å². The molecule has 0 N–H and O–H groups in total. The van der Waals surface area contributed by atoms with E-state index in [4.69, 9.17) is 0 Å². The molecule has 664 valence electrons. The Labute approximate surface area is 734 Å². The highest BCUT2D eigenvalue weighted by molar-refractivity contribution is 7.98. The van der Waals surface area contributed by atoms with E-state index >= 15 is 0 Å². The monoisotopic (exact) mass is 1840 g/mol. The number of hydrogen-bond donors (Lipinski definition) is 0. The number of alkyl halides is 6. The predicted octanol–water partition coefficient (Wildman–Crippen LogP) is 13.9. The van der Waals surface area contributed by atoms with Gasteiger partial charge in [0.2, 0.25) is 11.6 Å². The topological polar surface area (TPSA) is 284 Å². The summed E-state index contributed by atoms with van der Waals surface area (Å²) in [6.45, 7) is 1.06. The fourth-order valence-corrected chi connectivity index (χ4v) is 25.4. The van der Waals surface area contributed by atoms with Gasteiger partial charge in [-0.05, 0) is 234 Å². The van der Waals surface area contributed by atoms with Crippen LogP contribution in [0, 0.1) is 47.5 Å². The van der Waals surface area contributed by atoms with Crippen molar-refractivity contribution in [3.8, 4) is 17.1 Å². The molecule has 127 heavy (non-hydrogen) atoms. The molecule has 9 heterocycles. The third-order valence-electron chi connectivity index (χ3n) is 24.5. The molecule has 6 aliphatic carbocycles. The highest BCUT2D eigenvalue weighted by atomic mass is 32.2. The number of ketones is 3. The van der Waals surface area contributed by atoms with Crippen LogP contribution >= 0.6 is 22.7 Å². The molecular formula is C87H87F9N20O6S5. The van der Waals surface area contributed by atoms with E-state index in [1.807, 2.05) is 32.1 Å². The summed E-state index contributed by atoms with van der Waals surface area (Å²) in [5.74, 6) is 9.98. The number of allylic oxidation sites excluding steroid dienone is 3. The first-order valence-corrected chi connectivity index (χ1v) is 47.2. The zero-order valence-corrected chi connectivity index (χ0v) is 73.6. The lowest BCUT2D eigenvalue weighted by Crippen LogP contribution is -2.51. The SMILES string of the molecule is C=S(=O)(c1cn(C)nn1)N(CCF)[C@H]1CCC2=Cc3c(cnn3-c3ccc(F)cc3)C[C@]2(C(=O)c2cc(C)ccn2)C1.C=S(=O)(c1cn(C)nn1)N(CCF)[C@H]1CCC2=Cc3c(cnn3-c3ccc(F)cc3)C[C@]2(C(=O)c2ncc(C(F)(F)F)s2)C1.C=S(=O)(c1cnn(C)c1)N(CCF)[C@H]1CCC2=Cc3c(cnn3-c3ccc(F)cc3)C[C@]2(C(=O)c2ncc(C)s2)C1. The number of Topliss-reactive ketones (excluding diaryl/α,β-unsaturated/α-hetero) is 3. The van der Waals surface area contributed by atoms with Gasteiger partial charge < -0.3 is 0 Å². The first kappa shape index (κ1) is 89.1. The molecular weight excluding hydrogens is 1750 g/mol. The van der Waals surface area contributed by atoms with Crippen molar-refractivity contribution in [2.75, 3.05) is 39.7 Å². The van der Waals surface area contributed by atoms with E-state index in [-0.39, 0.29) is 88.1 Å². The lowest BCUT2D eigenvalue weighted by atomic mass is 9.60. The Kier molecular flexibility index (Phi) is 24.6. The van der Waals surface area contributed by atoms with Crippen LogP contribution in [0.1, 0.15) is 137 Å². The second-order valence-electron chi connectivity index (χ2n) is 32.5. The average Bonchev–Trinajstić information content (AvgIpc) is 1.70. The number of rotatable bonds is 24. The second kappa shape index (κ2) is 35.1. The molecule has 0 radical (unpaired) electrons. The average molecular weight is 1840 g/mol. The van der Waals surface area contributed by atoms with Crippen LogP contribution in [0.4, 0.5) is 39.5 Å². The van der Waals surface area contributed by atoms with Crippen LogP contribution < -0.4 is 0 Å². The molecule has 3 saturated carbocycles. The summed E-state index contributed by atoms with van der Waals surface area (Å²) in [6.07, 6.45) is 20.5. The summed E-state index contributed by atoms with van der Waals surface area (Å²) in [7, 11) is -4.63. The Bertz CT molecular complexity index is 6670. The summed E-state index contributed by atoms with van der Waals surface area (Å²) in [6, 6.07) is 20.1. The number of carbonyl (C=O) groups excluding carboxylic acids is 3. The maximum atomic E-state index is 14.5. The van der Waals surface area contributed by atoms with E-state index in [9.17, 15) is 66.5 Å². The van der Waals surface area contributed by atoms with Gasteiger partial charge in [-0.3, -0.25) is 33.4 Å². The van der Waals surface area contributed by atoms with Crippen molar-refractivity contribution in [3.05, 3.63) is 246 Å². The van der Waals surface area contributed by atoms with Gasteiger partial charge in [0, 0.05) is 82.4 Å². The van der Waals surface area contributed by atoms with Gasteiger partial charge in [0.1, 0.15) is 48.0 Å². The number of halogens is 9. The minimum Gasteiger partial charge on any atom is -0.291 e. The summed E-state index contributed by atoms with van der Waals surface area (Å²) >= 11 is 1.62. The van der Waals surface area contributed by atoms with Gasteiger partial charge in [-0.25, -0.2) is 75.9 Å². The molecule has 12 aromatic rings. The van der Waals surface area contributed by atoms with Gasteiger partial charge in [0.15, 0.2) is 25.9 Å². The van der Waals surface area contributed by atoms with E-state index in [1.165, 1.54) is 80.0 Å². The maximum Gasteiger partial charge on any atom is 0.427 e. The standard InChI is InChI=1S/C30H31F2N7O2S.C29H30F2N6O2S2.C28H26F5N7O2S2/c1-20-10-12-33-26(14-20)29(40)30-16-21-18-34-39(24-8-5-23(32)6-9-24)27(21)15-22(30)4-7-25(17-30)38(13-11-31)42(3,41)28-19-37(2)36-35-28;1-19-15-32-28(40-19)27(38)29-13-20-16-34-37(23-8-5-22(31)6-9-23)26(20)12-21(29)4-7-24(14-29)36(11-10-30)41(3,39)25-17-33-35(2)18-25;1-38-16-24(36-37-38)44(2,42)39(10-9-29)21-6-3-18-11-22-17(14-35-40(22)20-7-4-19(30)5-8-20)12-27(18,13-21)25(41)26-34-15-23(43-26)28(31,32)33/h5-6,8-10,12,14-15,18-19,25H,3-4,7,11,13,16-17H2,1-2H3;5-6,8-9,12,15-18,24H,3-4,7,10-11,13-14H2,1-2H3;4-5,7-8,11,14-16,21H,2-3,6,9-10,12-13H2,1H3/t25-,30-,42?;24-,29-,41?;21-,27-,44?/m000/s1. The largest absolute Gasteiger partial charge is 0.427 e. The van der Waals surface area contributed by atoms with Gasteiger partial charge >= 0.3 is 6.18 Å². The van der Waals surface area contributed by atoms with Gasteiger partial charge in [-0.1, -0.05) is 27.1 Å². The fraction of sp³-hybridized carbons (Fsp3) is 0.345. The molecule has 0 amide bonds. The second-order valence-corrected chi connectivity index (χ2v) is 41.4. The van der Waals surface area contributed by atoms with Gasteiger partial charge in [0.25, 0.3) is 0 Å². The third-order valence-corrected chi connectivity index (χ3v) is 32.8. The van der Waals surface area contributed by atoms with Crippen LogP contribution in [-0.4, -0.2) is 202 Å². The van der Waals surface area contributed by atoms with Crippen LogP contribution in [0.2, 0.25) is 0 Å². The molecule has 9 aromatic heterocycles. The molecule has 0 aliphatic heterocycles. The smallest absolute Gasteiger partial charge is 0.291 e. The summed E-state index contributed by atoms with van der Waals surface area (Å²) in [5, 5.41) is 33.8. The Morgan fingerprint density at radius 2 is 0.874 bits per heavy atom. The number of aromatic nitrogens is 17. The van der Waals surface area contributed by atoms with Crippen molar-refractivity contribution in [2.24, 2.45) is 37.4 Å². The summed E-state index contributed by atoms with van der Waals surface area (Å²) in [4.78, 5) is 56.3. The molecule has 26 nitrogen and oxygen atoms in total. The number of aryl methyl sites for hydroxylation is 5. The van der Waals surface area contributed by atoms with Crippen molar-refractivity contribution in [1.82, 2.24) is 97.0 Å². The zero-order valence-electron chi connectivity index (χ0n) is 69.5. The predicted molar refractivity (Wildman–Crippen MR) is 466 cm³/mol. The number of thiazole rings is 2. The van der Waals surface area contributed by atoms with Crippen molar-refractivity contribution >= 4 is 105 Å². The Balaban J connectivity index is 0.000000140.